The van der Waals surface area contributed by atoms with Crippen LogP contribution in [0, 0.1) is 23.7 Å². The quantitative estimate of drug-likeness (QED) is 0.0187. The van der Waals surface area contributed by atoms with E-state index < -0.39 is 83.8 Å². The Kier molecular flexibility index (Phi) is 32.9. The van der Waals surface area contributed by atoms with Crippen molar-refractivity contribution in [1.29, 1.82) is 0 Å². The third kappa shape index (κ3) is 27.1. The summed E-state index contributed by atoms with van der Waals surface area (Å²) in [4.78, 5) is 117. The molecular weight excluding hydrogens is 1270 g/mol. The predicted octanol–water partition coefficient (Wildman–Crippen LogP) is 7.39. The zero-order valence-electron chi connectivity index (χ0n) is 56.9. The Morgan fingerprint density at radius 3 is 1.80 bits per heavy atom. The van der Waals surface area contributed by atoms with Crippen LogP contribution in [-0.2, 0) is 70.6 Å². The number of halogens is 3. The maximum absolute atomic E-state index is 14.8. The number of nitrogens with two attached hydrogens (primary N) is 3. The standard InChI is InChI=1S/C72H97F3N10O11S/c1-8-54(38-79-39-56-13-10-9-11-14-56)35-53(6)71(94)84(43-58-20-25-63-64(36-58)96-48-95-63)41-50(3)34-51(4)69(92)83(30-26-55-18-23-61(86)24-19-55)40-49(2)33-52(5)70(93)85(42-57-16-21-60(22-17-57)72(73,74)75)45-65(88)80-29-12-15-66(89)82(32-28-77)46-67(90)81(31-27-76)44-62(87)37-59(47-97-7)68(78)91/h9-11,13-14,16-25,33-36,51-53,59,79,86H,8,12,15,26-32,37-48,76-77H2,1-7H3,(H2,78,91)(H,80,88)/b49-33+,50-34+,54-35+/t51-,52-,53-,59?/m1/s1. The average Bonchev–Trinajstić information content (AvgIpc) is 1.72. The van der Waals surface area contributed by atoms with Crippen molar-refractivity contribution in [2.45, 2.75) is 99.5 Å². The van der Waals surface area contributed by atoms with Gasteiger partial charge >= 0.3 is 6.18 Å². The maximum Gasteiger partial charge on any atom is 0.416 e. The number of phenols is 1. The average molecular weight is 1370 g/mol. The van der Waals surface area contributed by atoms with Gasteiger partial charge in [-0.15, -0.1) is 0 Å². The van der Waals surface area contributed by atoms with E-state index in [4.69, 9.17) is 26.7 Å². The number of nitrogens with zero attached hydrogens (tertiary/aromatic N) is 5. The van der Waals surface area contributed by atoms with Crippen LogP contribution in [0.3, 0.4) is 0 Å². The molecule has 21 nitrogen and oxygen atoms in total. The van der Waals surface area contributed by atoms with Gasteiger partial charge in [-0.2, -0.15) is 24.9 Å². The van der Waals surface area contributed by atoms with Crippen molar-refractivity contribution >= 4 is 58.9 Å². The number of thioether (sulfide) groups is 1. The Balaban J connectivity index is 1.31. The summed E-state index contributed by atoms with van der Waals surface area (Å²) in [5, 5.41) is 16.3. The SMILES string of the molecule is CC/C(=C\[C@@H](C)C(=O)N(C/C(C)=C/[C@@H](C)C(=O)N(CCc1ccc(O)cc1)C/C(C)=C/[C@@H](C)C(=O)N(CC(=O)NCCCC(=O)N(CCN)CC(=O)N(CCN)CC(=O)CC(CSC)C(N)=O)Cc1ccc(C(F)(F)F)cc1)Cc1ccc2c(c1)OCO2)CNCc1ccccc1. The molecule has 528 valence electrons. The first-order valence-corrected chi connectivity index (χ1v) is 34.1. The molecule has 0 radical (unpaired) electrons. The first kappa shape index (κ1) is 79.2. The molecule has 0 fully saturated rings. The van der Waals surface area contributed by atoms with Crippen LogP contribution >= 0.6 is 11.8 Å². The highest BCUT2D eigenvalue weighted by Crippen LogP contribution is 2.34. The lowest BCUT2D eigenvalue weighted by Gasteiger charge is -2.28. The summed E-state index contributed by atoms with van der Waals surface area (Å²) in [7, 11) is 0. The third-order valence-electron chi connectivity index (χ3n) is 16.3. The molecule has 5 rings (SSSR count). The van der Waals surface area contributed by atoms with Crippen LogP contribution < -0.4 is 37.3 Å². The van der Waals surface area contributed by atoms with Crippen molar-refractivity contribution in [3.05, 3.63) is 160 Å². The van der Waals surface area contributed by atoms with Gasteiger partial charge in [-0.05, 0) is 98.0 Å². The van der Waals surface area contributed by atoms with Gasteiger partial charge in [0.25, 0.3) is 0 Å². The number of ether oxygens (including phenoxy) is 2. The van der Waals surface area contributed by atoms with Crippen LogP contribution in [0.4, 0.5) is 13.2 Å². The number of primary amides is 1. The molecule has 1 unspecified atom stereocenters. The first-order chi connectivity index (χ1) is 46.2. The van der Waals surface area contributed by atoms with Gasteiger partial charge in [0.1, 0.15) is 5.75 Å². The Bertz CT molecular complexity index is 3350. The summed E-state index contributed by atoms with van der Waals surface area (Å²) in [6, 6.07) is 26.5. The number of phenolic OH excluding ortho intramolecular Hbond substituents is 1. The van der Waals surface area contributed by atoms with Gasteiger partial charge in [0.15, 0.2) is 17.3 Å². The molecule has 4 aromatic carbocycles. The molecule has 0 spiro atoms. The van der Waals surface area contributed by atoms with Crippen LogP contribution in [0.1, 0.15) is 95.0 Å². The van der Waals surface area contributed by atoms with E-state index in [-0.39, 0.29) is 116 Å². The second-order valence-electron chi connectivity index (χ2n) is 24.6. The van der Waals surface area contributed by atoms with Crippen molar-refractivity contribution in [3.63, 3.8) is 0 Å². The van der Waals surface area contributed by atoms with Crippen LogP contribution in [0.5, 0.6) is 17.2 Å². The van der Waals surface area contributed by atoms with Gasteiger partial charge in [-0.25, -0.2) is 0 Å². The number of hydrogen-bond acceptors (Lipinski definition) is 15. The zero-order valence-corrected chi connectivity index (χ0v) is 57.7. The second-order valence-corrected chi connectivity index (χ2v) is 25.5. The summed E-state index contributed by atoms with van der Waals surface area (Å²) < 4.78 is 52.2. The highest BCUT2D eigenvalue weighted by molar-refractivity contribution is 7.98. The number of benzene rings is 4. The van der Waals surface area contributed by atoms with Crippen molar-refractivity contribution in [2.24, 2.45) is 40.9 Å². The summed E-state index contributed by atoms with van der Waals surface area (Å²) in [6.07, 6.45) is 3.62. The van der Waals surface area contributed by atoms with Gasteiger partial charge in [0.05, 0.1) is 48.9 Å². The minimum Gasteiger partial charge on any atom is -0.508 e. The van der Waals surface area contributed by atoms with Crippen LogP contribution in [0.2, 0.25) is 0 Å². The van der Waals surface area contributed by atoms with Gasteiger partial charge in [0.2, 0.25) is 48.1 Å². The van der Waals surface area contributed by atoms with E-state index in [1.807, 2.05) is 62.4 Å². The molecule has 0 aliphatic carbocycles. The number of fused-ring (bicyclic) bond motifs is 1. The summed E-state index contributed by atoms with van der Waals surface area (Å²) >= 11 is 1.35. The fraction of sp³-hybridized carbons (Fsp3) is 0.472. The molecule has 97 heavy (non-hydrogen) atoms. The second kappa shape index (κ2) is 40.3. The van der Waals surface area contributed by atoms with Crippen molar-refractivity contribution in [2.75, 3.05) is 97.3 Å². The molecule has 0 saturated carbocycles. The smallest absolute Gasteiger partial charge is 0.416 e. The minimum absolute atomic E-state index is 0.00137. The van der Waals surface area contributed by atoms with E-state index in [0.29, 0.717) is 47.9 Å². The molecular formula is C72H97F3N10O11S. The van der Waals surface area contributed by atoms with Crippen molar-refractivity contribution in [3.8, 4) is 17.2 Å². The van der Waals surface area contributed by atoms with Crippen LogP contribution in [0.15, 0.2) is 132 Å². The summed E-state index contributed by atoms with van der Waals surface area (Å²) in [6.45, 7) is 11.6. The number of Topliss-reactive ketones (excluding diaryl/α,β-unsaturated/α-hetero) is 1. The lowest BCUT2D eigenvalue weighted by atomic mass is 10.0. The summed E-state index contributed by atoms with van der Waals surface area (Å²) in [5.74, 6) is -4.82. The topological polar surface area (TPSA) is 294 Å². The Morgan fingerprint density at radius 2 is 1.21 bits per heavy atom. The number of nitrogens with one attached hydrogen (secondary N) is 2. The molecule has 25 heteroatoms. The van der Waals surface area contributed by atoms with Gasteiger partial charge < -0.3 is 66.9 Å². The molecule has 0 aromatic heterocycles. The fourth-order valence-electron chi connectivity index (χ4n) is 11.2. The summed E-state index contributed by atoms with van der Waals surface area (Å²) in [5.41, 5.74) is 21.8. The van der Waals surface area contributed by atoms with E-state index in [9.17, 15) is 56.6 Å². The molecule has 1 aliphatic heterocycles. The number of carbonyl (C=O) groups excluding carboxylic acids is 8. The molecule has 0 saturated heterocycles. The highest BCUT2D eigenvalue weighted by atomic mass is 32.2. The lowest BCUT2D eigenvalue weighted by molar-refractivity contribution is -0.142. The minimum atomic E-state index is -4.62. The van der Waals surface area contributed by atoms with Gasteiger partial charge in [-0.3, -0.25) is 38.4 Å². The Hall–Kier alpha value is -8.52. The molecule has 1 heterocycles. The van der Waals surface area contributed by atoms with E-state index in [1.165, 1.54) is 38.6 Å². The van der Waals surface area contributed by atoms with Crippen LogP contribution in [-0.4, -0.2) is 174 Å². The first-order valence-electron chi connectivity index (χ1n) is 32.7. The molecule has 7 amide bonds. The van der Waals surface area contributed by atoms with Gasteiger partial charge in [0, 0.05) is 97.1 Å². The van der Waals surface area contributed by atoms with E-state index >= 15 is 0 Å². The van der Waals surface area contributed by atoms with E-state index in [0.717, 1.165) is 46.4 Å². The number of carbonyl (C=O) groups is 8. The number of rotatable bonds is 41. The normalized spacial score (nSPS) is 13.6. The van der Waals surface area contributed by atoms with Crippen LogP contribution in [0.25, 0.3) is 0 Å². The third-order valence-corrected chi connectivity index (χ3v) is 17.0. The predicted molar refractivity (Wildman–Crippen MR) is 369 cm³/mol. The van der Waals surface area contributed by atoms with Gasteiger partial charge in [-0.1, -0.05) is 123 Å². The van der Waals surface area contributed by atoms with E-state index in [2.05, 4.69) is 29.7 Å². The van der Waals surface area contributed by atoms with Crippen molar-refractivity contribution < 1.29 is 66.1 Å². The maximum atomic E-state index is 14.8. The number of ketones is 1. The monoisotopic (exact) mass is 1370 g/mol. The number of amides is 7. The Labute approximate surface area is 572 Å². The Morgan fingerprint density at radius 1 is 0.649 bits per heavy atom. The molecule has 9 N–H and O–H groups in total. The number of alkyl halides is 3. The molecule has 4 atom stereocenters. The molecule has 4 aromatic rings. The lowest BCUT2D eigenvalue weighted by Crippen LogP contribution is -2.47. The van der Waals surface area contributed by atoms with Crippen molar-refractivity contribution in [1.82, 2.24) is 35.1 Å². The molecule has 0 bridgehead atoms. The zero-order chi connectivity index (χ0) is 71.2. The van der Waals surface area contributed by atoms with E-state index in [1.54, 1.807) is 67.2 Å². The number of hydrogen-bond donors (Lipinski definition) is 6. The largest absolute Gasteiger partial charge is 0.508 e. The fourth-order valence-corrected chi connectivity index (χ4v) is 11.8. The number of aromatic hydroxyl groups is 1. The highest BCUT2D eigenvalue weighted by Gasteiger charge is 2.32. The molecule has 1 aliphatic rings.